The highest BCUT2D eigenvalue weighted by Crippen LogP contribution is 2.24. The Balaban J connectivity index is 1.95. The van der Waals surface area contributed by atoms with Crippen LogP contribution in [0.4, 0.5) is 13.6 Å². The number of carbonyl (C=O) groups excluding carboxylic acids is 1. The highest BCUT2D eigenvalue weighted by Gasteiger charge is 2.33. The van der Waals surface area contributed by atoms with Crippen molar-refractivity contribution in [1.82, 2.24) is 4.90 Å². The Labute approximate surface area is 135 Å². The summed E-state index contributed by atoms with van der Waals surface area (Å²) >= 11 is 0. The quantitative estimate of drug-likeness (QED) is 0.928. The molecule has 1 saturated heterocycles. The third-order valence-electron chi connectivity index (χ3n) is 3.98. The first-order valence-corrected chi connectivity index (χ1v) is 7.84. The van der Waals surface area contributed by atoms with Crippen LogP contribution in [0.1, 0.15) is 32.8 Å². The van der Waals surface area contributed by atoms with E-state index in [1.54, 1.807) is 4.90 Å². The van der Waals surface area contributed by atoms with Crippen LogP contribution in [0.15, 0.2) is 18.2 Å². The molecule has 2 N–H and O–H groups in total. The number of likely N-dealkylation sites (tertiary alicyclic amines) is 1. The first-order chi connectivity index (χ1) is 10.7. The third kappa shape index (κ3) is 4.64. The van der Waals surface area contributed by atoms with E-state index in [4.69, 9.17) is 10.5 Å². The molecule has 1 aromatic rings. The second kappa shape index (κ2) is 6.83. The number of amides is 1. The molecule has 1 aromatic carbocycles. The van der Waals surface area contributed by atoms with Gasteiger partial charge in [-0.1, -0.05) is 6.07 Å². The molecule has 4 nitrogen and oxygen atoms in total. The largest absolute Gasteiger partial charge is 0.444 e. The Hall–Kier alpha value is -1.69. The lowest BCUT2D eigenvalue weighted by Gasteiger charge is -2.25. The standard InChI is InChI=1S/C17H24F2N2O2/c1-17(2,3)23-16(22)21-8-7-11(10-21)15(20)9-12-13(18)5-4-6-14(12)19/h4-6,11,15H,7-10,20H2,1-3H3. The number of nitrogens with zero attached hydrogens (tertiary/aromatic N) is 1. The second-order valence-electron chi connectivity index (χ2n) is 7.04. The number of carbonyl (C=O) groups is 1. The molecular formula is C17H24F2N2O2. The lowest BCUT2D eigenvalue weighted by Crippen LogP contribution is -2.38. The summed E-state index contributed by atoms with van der Waals surface area (Å²) in [5, 5.41) is 0. The van der Waals surface area contributed by atoms with E-state index in [1.165, 1.54) is 18.2 Å². The average Bonchev–Trinajstić information content (AvgIpc) is 2.91. The van der Waals surface area contributed by atoms with Gasteiger partial charge in [0.25, 0.3) is 0 Å². The molecule has 6 heteroatoms. The summed E-state index contributed by atoms with van der Waals surface area (Å²) in [4.78, 5) is 13.6. The Morgan fingerprint density at radius 1 is 1.39 bits per heavy atom. The molecule has 0 aromatic heterocycles. The monoisotopic (exact) mass is 326 g/mol. The van der Waals surface area contributed by atoms with Crippen molar-refractivity contribution in [3.8, 4) is 0 Å². The van der Waals surface area contributed by atoms with Gasteiger partial charge >= 0.3 is 6.09 Å². The zero-order valence-corrected chi connectivity index (χ0v) is 13.8. The summed E-state index contributed by atoms with van der Waals surface area (Å²) in [7, 11) is 0. The van der Waals surface area contributed by atoms with Crippen molar-refractivity contribution in [2.45, 2.75) is 45.3 Å². The topological polar surface area (TPSA) is 55.6 Å². The fourth-order valence-corrected chi connectivity index (χ4v) is 2.76. The summed E-state index contributed by atoms with van der Waals surface area (Å²) in [6.07, 6.45) is 0.450. The van der Waals surface area contributed by atoms with Gasteiger partial charge in [0.1, 0.15) is 17.2 Å². The Kier molecular flexibility index (Phi) is 5.24. The van der Waals surface area contributed by atoms with Crippen LogP contribution in [0.3, 0.4) is 0 Å². The van der Waals surface area contributed by atoms with E-state index in [9.17, 15) is 13.6 Å². The van der Waals surface area contributed by atoms with E-state index < -0.39 is 23.3 Å². The molecule has 0 bridgehead atoms. The minimum Gasteiger partial charge on any atom is -0.444 e. The molecule has 1 aliphatic heterocycles. The highest BCUT2D eigenvalue weighted by molar-refractivity contribution is 5.68. The molecule has 1 amide bonds. The van der Waals surface area contributed by atoms with Gasteiger partial charge in [-0.15, -0.1) is 0 Å². The molecule has 2 rings (SSSR count). The average molecular weight is 326 g/mol. The van der Waals surface area contributed by atoms with Gasteiger partial charge in [0.2, 0.25) is 0 Å². The number of benzene rings is 1. The van der Waals surface area contributed by atoms with Crippen molar-refractivity contribution >= 4 is 6.09 Å². The zero-order valence-electron chi connectivity index (χ0n) is 13.8. The smallest absolute Gasteiger partial charge is 0.410 e. The van der Waals surface area contributed by atoms with Crippen molar-refractivity contribution in [3.05, 3.63) is 35.4 Å². The molecular weight excluding hydrogens is 302 g/mol. The van der Waals surface area contributed by atoms with Crippen LogP contribution in [0.5, 0.6) is 0 Å². The fraction of sp³-hybridized carbons (Fsp3) is 0.588. The van der Waals surface area contributed by atoms with Crippen LogP contribution in [-0.4, -0.2) is 35.7 Å². The first kappa shape index (κ1) is 17.7. The van der Waals surface area contributed by atoms with Crippen LogP contribution < -0.4 is 5.73 Å². The van der Waals surface area contributed by atoms with Gasteiger partial charge in [0.05, 0.1) is 0 Å². The summed E-state index contributed by atoms with van der Waals surface area (Å²) in [5.74, 6) is -1.16. The summed E-state index contributed by atoms with van der Waals surface area (Å²) in [5.41, 5.74) is 5.59. The van der Waals surface area contributed by atoms with Crippen molar-refractivity contribution < 1.29 is 18.3 Å². The predicted molar refractivity (Wildman–Crippen MR) is 84.0 cm³/mol. The first-order valence-electron chi connectivity index (χ1n) is 7.84. The maximum absolute atomic E-state index is 13.7. The van der Waals surface area contributed by atoms with E-state index in [-0.39, 0.29) is 24.0 Å². The molecule has 128 valence electrons. The number of nitrogens with two attached hydrogens (primary N) is 1. The van der Waals surface area contributed by atoms with Crippen LogP contribution in [0.25, 0.3) is 0 Å². The second-order valence-corrected chi connectivity index (χ2v) is 7.04. The molecule has 0 radical (unpaired) electrons. The van der Waals surface area contributed by atoms with Crippen LogP contribution >= 0.6 is 0 Å². The minimum atomic E-state index is -0.581. The van der Waals surface area contributed by atoms with E-state index in [2.05, 4.69) is 0 Å². The van der Waals surface area contributed by atoms with E-state index in [0.717, 1.165) is 0 Å². The van der Waals surface area contributed by atoms with Gasteiger partial charge in [-0.3, -0.25) is 0 Å². The highest BCUT2D eigenvalue weighted by atomic mass is 19.1. The Morgan fingerprint density at radius 3 is 2.57 bits per heavy atom. The Bertz CT molecular complexity index is 552. The third-order valence-corrected chi connectivity index (χ3v) is 3.98. The fourth-order valence-electron chi connectivity index (χ4n) is 2.76. The maximum Gasteiger partial charge on any atom is 0.410 e. The van der Waals surface area contributed by atoms with Gasteiger partial charge in [-0.2, -0.15) is 0 Å². The molecule has 2 unspecified atom stereocenters. The normalized spacial score (nSPS) is 19.7. The zero-order chi connectivity index (χ0) is 17.2. The van der Waals surface area contributed by atoms with Crippen molar-refractivity contribution in [3.63, 3.8) is 0 Å². The number of rotatable bonds is 3. The molecule has 0 aliphatic carbocycles. The van der Waals surface area contributed by atoms with Gasteiger partial charge in [-0.05, 0) is 51.7 Å². The molecule has 23 heavy (non-hydrogen) atoms. The minimum absolute atomic E-state index is 0.00141. The molecule has 0 saturated carbocycles. The number of halogens is 2. The van der Waals surface area contributed by atoms with Gasteiger partial charge in [-0.25, -0.2) is 13.6 Å². The Morgan fingerprint density at radius 2 is 2.00 bits per heavy atom. The van der Waals surface area contributed by atoms with Crippen LogP contribution in [-0.2, 0) is 11.2 Å². The summed E-state index contributed by atoms with van der Waals surface area (Å²) in [6.45, 7) is 6.43. The molecule has 1 fully saturated rings. The number of hydrogen-bond acceptors (Lipinski definition) is 3. The predicted octanol–water partition coefficient (Wildman–Crippen LogP) is 3.09. The molecule has 1 aliphatic rings. The van der Waals surface area contributed by atoms with E-state index in [1.807, 2.05) is 20.8 Å². The van der Waals surface area contributed by atoms with Crippen LogP contribution in [0, 0.1) is 17.6 Å². The van der Waals surface area contributed by atoms with Gasteiger partial charge in [0.15, 0.2) is 0 Å². The number of ether oxygens (including phenoxy) is 1. The van der Waals surface area contributed by atoms with Crippen molar-refractivity contribution in [1.29, 1.82) is 0 Å². The van der Waals surface area contributed by atoms with Crippen LogP contribution in [0.2, 0.25) is 0 Å². The SMILES string of the molecule is CC(C)(C)OC(=O)N1CCC(C(N)Cc2c(F)cccc2F)C1. The molecule has 2 atom stereocenters. The van der Waals surface area contributed by atoms with Crippen molar-refractivity contribution in [2.75, 3.05) is 13.1 Å². The van der Waals surface area contributed by atoms with E-state index >= 15 is 0 Å². The molecule has 1 heterocycles. The number of hydrogen-bond donors (Lipinski definition) is 1. The lowest BCUT2D eigenvalue weighted by molar-refractivity contribution is 0.0286. The summed E-state index contributed by atoms with van der Waals surface area (Å²) < 4.78 is 32.7. The van der Waals surface area contributed by atoms with Crippen molar-refractivity contribution in [2.24, 2.45) is 11.7 Å². The lowest BCUT2D eigenvalue weighted by atomic mass is 9.93. The van der Waals surface area contributed by atoms with Gasteiger partial charge in [0, 0.05) is 24.7 Å². The maximum atomic E-state index is 13.7. The summed E-state index contributed by atoms with van der Waals surface area (Å²) in [6, 6.07) is 3.38. The van der Waals surface area contributed by atoms with E-state index in [0.29, 0.717) is 19.5 Å². The van der Waals surface area contributed by atoms with Gasteiger partial charge < -0.3 is 15.4 Å². The molecule has 0 spiro atoms.